The summed E-state index contributed by atoms with van der Waals surface area (Å²) < 4.78 is 19.4. The van der Waals surface area contributed by atoms with Crippen LogP contribution < -0.4 is 10.2 Å². The van der Waals surface area contributed by atoms with Gasteiger partial charge in [-0.1, -0.05) is 12.1 Å². The van der Waals surface area contributed by atoms with Crippen LogP contribution in [-0.2, 0) is 9.53 Å². The predicted octanol–water partition coefficient (Wildman–Crippen LogP) is 1.99. The number of nitrogens with zero attached hydrogens (tertiary/aromatic N) is 1. The summed E-state index contributed by atoms with van der Waals surface area (Å²) in [5, 5.41) is 2.68. The molecule has 0 aliphatic carbocycles. The van der Waals surface area contributed by atoms with E-state index in [2.05, 4.69) is 5.32 Å². The van der Waals surface area contributed by atoms with Gasteiger partial charge >= 0.3 is 6.03 Å². The Morgan fingerprint density at radius 1 is 1.29 bits per heavy atom. The average Bonchev–Trinajstić information content (AvgIpc) is 2.78. The largest absolute Gasteiger partial charge is 0.381 e. The van der Waals surface area contributed by atoms with Gasteiger partial charge in [-0.15, -0.1) is 0 Å². The van der Waals surface area contributed by atoms with E-state index in [4.69, 9.17) is 4.74 Å². The Hall–Kier alpha value is -1.95. The highest BCUT2D eigenvalue weighted by molar-refractivity contribution is 6.21. The van der Waals surface area contributed by atoms with Crippen molar-refractivity contribution in [1.29, 1.82) is 0 Å². The molecule has 1 aromatic rings. The molecular weight excluding hydrogens is 275 g/mol. The molecule has 0 saturated carbocycles. The maximum atomic E-state index is 14.2. The molecule has 1 unspecified atom stereocenters. The van der Waals surface area contributed by atoms with Crippen LogP contribution in [0.3, 0.4) is 0 Å². The van der Waals surface area contributed by atoms with E-state index < -0.39 is 17.9 Å². The Morgan fingerprint density at radius 3 is 2.71 bits per heavy atom. The number of benzene rings is 1. The number of hydrogen-bond acceptors (Lipinski definition) is 3. The lowest BCUT2D eigenvalue weighted by atomic mass is 9.92. The Morgan fingerprint density at radius 2 is 2.00 bits per heavy atom. The number of rotatable bonds is 2. The predicted molar refractivity (Wildman–Crippen MR) is 74.5 cm³/mol. The molecule has 2 saturated heterocycles. The summed E-state index contributed by atoms with van der Waals surface area (Å²) in [6.45, 7) is 2.78. The molecule has 0 aromatic heterocycles. The van der Waals surface area contributed by atoms with Gasteiger partial charge in [0.05, 0.1) is 5.69 Å². The third-order valence-corrected chi connectivity index (χ3v) is 4.12. The molecule has 112 valence electrons. The summed E-state index contributed by atoms with van der Waals surface area (Å²) in [6.07, 6.45) is 1.45. The molecule has 2 fully saturated rings. The quantitative estimate of drug-likeness (QED) is 0.848. The van der Waals surface area contributed by atoms with Crippen LogP contribution in [0.2, 0.25) is 0 Å². The van der Waals surface area contributed by atoms with Crippen LogP contribution >= 0.6 is 0 Å². The Bertz CT molecular complexity index is 584. The maximum Gasteiger partial charge on any atom is 0.329 e. The molecule has 2 aliphatic rings. The highest BCUT2D eigenvalue weighted by Gasteiger charge is 2.44. The number of nitrogens with one attached hydrogen (secondary N) is 1. The van der Waals surface area contributed by atoms with Crippen molar-refractivity contribution in [2.45, 2.75) is 25.8 Å². The SMILES string of the molecule is Cc1cccc(N2C(=O)NC(C3CCOCC3)C2=O)c1F. The standard InChI is InChI=1S/C15H17FN2O3/c1-9-3-2-4-11(12(9)16)18-14(19)13(17-15(18)20)10-5-7-21-8-6-10/h2-4,10,13H,5-8H2,1H3,(H,17,20). The molecule has 3 amide bonds. The Labute approximate surface area is 122 Å². The summed E-state index contributed by atoms with van der Waals surface area (Å²) >= 11 is 0. The molecule has 1 N–H and O–H groups in total. The summed E-state index contributed by atoms with van der Waals surface area (Å²) in [5.74, 6) is -0.863. The summed E-state index contributed by atoms with van der Waals surface area (Å²) in [6, 6.07) is 3.55. The van der Waals surface area contributed by atoms with Gasteiger partial charge in [0.1, 0.15) is 11.9 Å². The highest BCUT2D eigenvalue weighted by atomic mass is 19.1. The smallest absolute Gasteiger partial charge is 0.329 e. The number of amides is 3. The van der Waals surface area contributed by atoms with E-state index in [0.717, 1.165) is 17.7 Å². The van der Waals surface area contributed by atoms with Crippen LogP contribution in [0.4, 0.5) is 14.9 Å². The fourth-order valence-electron chi connectivity index (χ4n) is 2.90. The van der Waals surface area contributed by atoms with E-state index in [1.165, 1.54) is 6.07 Å². The van der Waals surface area contributed by atoms with E-state index in [0.29, 0.717) is 18.8 Å². The first-order chi connectivity index (χ1) is 10.1. The number of anilines is 1. The van der Waals surface area contributed by atoms with Crippen molar-refractivity contribution in [2.24, 2.45) is 5.92 Å². The normalized spacial score (nSPS) is 23.5. The van der Waals surface area contributed by atoms with Gasteiger partial charge in [0.15, 0.2) is 0 Å². The zero-order chi connectivity index (χ0) is 15.0. The lowest BCUT2D eigenvalue weighted by Crippen LogP contribution is -2.40. The van der Waals surface area contributed by atoms with E-state index in [1.807, 2.05) is 0 Å². The maximum absolute atomic E-state index is 14.2. The number of ether oxygens (including phenoxy) is 1. The molecule has 1 atom stereocenters. The van der Waals surface area contributed by atoms with Crippen molar-refractivity contribution in [3.8, 4) is 0 Å². The lowest BCUT2D eigenvalue weighted by molar-refractivity contribution is -0.120. The number of urea groups is 1. The second kappa shape index (κ2) is 5.44. The van der Waals surface area contributed by atoms with E-state index in [1.54, 1.807) is 19.1 Å². The van der Waals surface area contributed by atoms with Crippen molar-refractivity contribution in [3.05, 3.63) is 29.6 Å². The van der Waals surface area contributed by atoms with Crippen molar-refractivity contribution < 1.29 is 18.7 Å². The van der Waals surface area contributed by atoms with Crippen LogP contribution in [0.25, 0.3) is 0 Å². The van der Waals surface area contributed by atoms with Gasteiger partial charge in [0.2, 0.25) is 0 Å². The van der Waals surface area contributed by atoms with Gasteiger partial charge in [0, 0.05) is 13.2 Å². The lowest BCUT2D eigenvalue weighted by Gasteiger charge is -2.25. The van der Waals surface area contributed by atoms with Crippen molar-refractivity contribution in [1.82, 2.24) is 5.32 Å². The van der Waals surface area contributed by atoms with E-state index >= 15 is 0 Å². The van der Waals surface area contributed by atoms with Crippen LogP contribution in [0.5, 0.6) is 0 Å². The first kappa shape index (κ1) is 14.0. The minimum atomic E-state index is -0.582. The minimum absolute atomic E-state index is 0.0204. The first-order valence-corrected chi connectivity index (χ1v) is 7.07. The van der Waals surface area contributed by atoms with Crippen LogP contribution in [-0.4, -0.2) is 31.2 Å². The molecule has 2 heterocycles. The van der Waals surface area contributed by atoms with Crippen LogP contribution in [0.1, 0.15) is 18.4 Å². The van der Waals surface area contributed by atoms with Crippen molar-refractivity contribution in [2.75, 3.05) is 18.1 Å². The first-order valence-electron chi connectivity index (χ1n) is 7.07. The van der Waals surface area contributed by atoms with Gasteiger partial charge in [-0.05, 0) is 37.3 Å². The molecular formula is C15H17FN2O3. The molecule has 0 spiro atoms. The fraction of sp³-hybridized carbons (Fsp3) is 0.467. The monoisotopic (exact) mass is 292 g/mol. The zero-order valence-corrected chi connectivity index (χ0v) is 11.8. The summed E-state index contributed by atoms with van der Waals surface area (Å²) in [5.41, 5.74) is 0.426. The van der Waals surface area contributed by atoms with Crippen molar-refractivity contribution in [3.63, 3.8) is 0 Å². The average molecular weight is 292 g/mol. The minimum Gasteiger partial charge on any atom is -0.381 e. The number of hydrogen-bond donors (Lipinski definition) is 1. The van der Waals surface area contributed by atoms with Gasteiger partial charge in [-0.3, -0.25) is 4.79 Å². The molecule has 2 aliphatic heterocycles. The number of imide groups is 1. The van der Waals surface area contributed by atoms with Crippen LogP contribution in [0, 0.1) is 18.7 Å². The third kappa shape index (κ3) is 2.40. The number of carbonyl (C=O) groups is 2. The molecule has 5 nitrogen and oxygen atoms in total. The second-order valence-electron chi connectivity index (χ2n) is 5.46. The highest BCUT2D eigenvalue weighted by Crippen LogP contribution is 2.29. The van der Waals surface area contributed by atoms with Gasteiger partial charge in [-0.2, -0.15) is 0 Å². The van der Waals surface area contributed by atoms with E-state index in [9.17, 15) is 14.0 Å². The van der Waals surface area contributed by atoms with Gasteiger partial charge in [-0.25, -0.2) is 14.1 Å². The Kier molecular flexibility index (Phi) is 3.63. The van der Waals surface area contributed by atoms with Crippen LogP contribution in [0.15, 0.2) is 18.2 Å². The molecule has 0 bridgehead atoms. The van der Waals surface area contributed by atoms with Gasteiger partial charge in [0.25, 0.3) is 5.91 Å². The van der Waals surface area contributed by atoms with E-state index in [-0.39, 0.29) is 17.5 Å². The molecule has 3 rings (SSSR count). The van der Waals surface area contributed by atoms with Gasteiger partial charge < -0.3 is 10.1 Å². The summed E-state index contributed by atoms with van der Waals surface area (Å²) in [7, 11) is 0. The number of aryl methyl sites for hydroxylation is 1. The Balaban J connectivity index is 1.88. The third-order valence-electron chi connectivity index (χ3n) is 4.12. The molecule has 0 radical (unpaired) electrons. The number of halogens is 1. The topological polar surface area (TPSA) is 58.6 Å². The van der Waals surface area contributed by atoms with Crippen molar-refractivity contribution >= 4 is 17.6 Å². The fourth-order valence-corrected chi connectivity index (χ4v) is 2.90. The summed E-state index contributed by atoms with van der Waals surface area (Å²) in [4.78, 5) is 25.5. The number of carbonyl (C=O) groups excluding carboxylic acids is 2. The zero-order valence-electron chi connectivity index (χ0n) is 11.8. The molecule has 21 heavy (non-hydrogen) atoms. The molecule has 6 heteroatoms. The second-order valence-corrected chi connectivity index (χ2v) is 5.46. The molecule has 1 aromatic carbocycles.